The first-order valence-corrected chi connectivity index (χ1v) is 16.1. The monoisotopic (exact) mass is 654 g/mol. The Morgan fingerprint density at radius 2 is 1.73 bits per heavy atom. The minimum atomic E-state index is -0.701. The lowest BCUT2D eigenvalue weighted by molar-refractivity contribution is 0.101. The average molecular weight is 655 g/mol. The second kappa shape index (κ2) is 14.3. The van der Waals surface area contributed by atoms with Gasteiger partial charge in [0.2, 0.25) is 5.82 Å². The molecule has 0 radical (unpaired) electrons. The Balaban J connectivity index is 1.15. The number of rotatable bonds is 11. The number of halogens is 1. The van der Waals surface area contributed by atoms with Crippen LogP contribution < -0.4 is 25.2 Å². The fourth-order valence-corrected chi connectivity index (χ4v) is 6.03. The van der Waals surface area contributed by atoms with Gasteiger partial charge in [-0.3, -0.25) is 14.3 Å². The van der Waals surface area contributed by atoms with Gasteiger partial charge in [-0.05, 0) is 81.6 Å². The summed E-state index contributed by atoms with van der Waals surface area (Å²) in [6, 6.07) is 14.9. The van der Waals surface area contributed by atoms with E-state index in [1.165, 1.54) is 43.1 Å². The fraction of sp³-hybridized carbons (Fsp3) is 0.333. The number of hydrogen-bond acceptors (Lipinski definition) is 8. The Hall–Kier alpha value is -5.23. The average Bonchev–Trinajstić information content (AvgIpc) is 3.37. The number of amides is 1. The molecule has 0 atom stereocenters. The summed E-state index contributed by atoms with van der Waals surface area (Å²) in [5, 5.41) is 7.54. The molecule has 48 heavy (non-hydrogen) atoms. The standard InChI is InChI=1S/C36H39FN6O5/c1-23-10-8-11-24(2)33(23)43-36(45)41(3)34(40-43)35(44)39-25-12-13-30(27(37)20-25)48-29-14-15-38-28-22-32(31(46-4)21-26(28)29)47-19-9-18-42-16-6-5-7-17-42/h8,10-15,20-22H,5-7,9,16-19H2,1-4H3,(H,39,44). The number of benzene rings is 3. The molecule has 1 amide bonds. The van der Waals surface area contributed by atoms with Crippen LogP contribution in [0.2, 0.25) is 0 Å². The largest absolute Gasteiger partial charge is 0.493 e. The van der Waals surface area contributed by atoms with E-state index >= 15 is 4.39 Å². The number of nitrogens with one attached hydrogen (secondary N) is 1. The van der Waals surface area contributed by atoms with Gasteiger partial charge in [0.15, 0.2) is 23.1 Å². The molecular weight excluding hydrogens is 615 g/mol. The van der Waals surface area contributed by atoms with Crippen molar-refractivity contribution >= 4 is 22.5 Å². The molecule has 0 spiro atoms. The van der Waals surface area contributed by atoms with E-state index in [-0.39, 0.29) is 17.3 Å². The Bertz CT molecular complexity index is 2000. The maximum atomic E-state index is 15.3. The van der Waals surface area contributed by atoms with E-state index in [1.54, 1.807) is 31.5 Å². The van der Waals surface area contributed by atoms with Crippen molar-refractivity contribution in [1.82, 2.24) is 24.2 Å². The molecule has 1 aliphatic heterocycles. The summed E-state index contributed by atoms with van der Waals surface area (Å²) >= 11 is 0. The van der Waals surface area contributed by atoms with Gasteiger partial charge in [0.05, 0.1) is 24.9 Å². The van der Waals surface area contributed by atoms with Crippen molar-refractivity contribution in [3.63, 3.8) is 0 Å². The number of hydrogen-bond donors (Lipinski definition) is 1. The number of aromatic nitrogens is 4. The smallest absolute Gasteiger partial charge is 0.350 e. The van der Waals surface area contributed by atoms with Gasteiger partial charge in [-0.25, -0.2) is 9.18 Å². The lowest BCUT2D eigenvalue weighted by Crippen LogP contribution is -2.31. The van der Waals surface area contributed by atoms with Crippen molar-refractivity contribution in [3.8, 4) is 28.7 Å². The number of likely N-dealkylation sites (tertiary alicyclic amines) is 1. The normalized spacial score (nSPS) is 13.4. The maximum Gasteiger partial charge on any atom is 0.350 e. The molecule has 3 aromatic carbocycles. The van der Waals surface area contributed by atoms with Crippen molar-refractivity contribution in [2.75, 3.05) is 38.7 Å². The van der Waals surface area contributed by atoms with Crippen LogP contribution in [-0.4, -0.2) is 63.5 Å². The molecule has 1 saturated heterocycles. The summed E-state index contributed by atoms with van der Waals surface area (Å²) in [4.78, 5) is 33.1. The number of carbonyl (C=O) groups excluding carboxylic acids is 1. The summed E-state index contributed by atoms with van der Waals surface area (Å²) in [5.74, 6) is -0.0622. The number of carbonyl (C=O) groups is 1. The van der Waals surface area contributed by atoms with Gasteiger partial charge in [0.1, 0.15) is 5.75 Å². The van der Waals surface area contributed by atoms with E-state index in [0.717, 1.165) is 47.8 Å². The molecule has 1 N–H and O–H groups in total. The van der Waals surface area contributed by atoms with E-state index in [9.17, 15) is 9.59 Å². The summed E-state index contributed by atoms with van der Waals surface area (Å²) in [6.07, 6.45) is 6.31. The highest BCUT2D eigenvalue weighted by Crippen LogP contribution is 2.38. The van der Waals surface area contributed by atoms with Gasteiger partial charge >= 0.3 is 5.69 Å². The minimum absolute atomic E-state index is 0.0517. The zero-order valence-electron chi connectivity index (χ0n) is 27.6. The predicted octanol–water partition coefficient (Wildman–Crippen LogP) is 6.18. The van der Waals surface area contributed by atoms with E-state index in [2.05, 4.69) is 20.3 Å². The van der Waals surface area contributed by atoms with Crippen LogP contribution in [0.25, 0.3) is 16.6 Å². The summed E-state index contributed by atoms with van der Waals surface area (Å²) in [7, 11) is 3.03. The van der Waals surface area contributed by atoms with Crippen LogP contribution in [0.5, 0.6) is 23.0 Å². The van der Waals surface area contributed by atoms with Crippen LogP contribution in [0.15, 0.2) is 65.6 Å². The van der Waals surface area contributed by atoms with Crippen molar-refractivity contribution in [2.45, 2.75) is 39.5 Å². The third-order valence-corrected chi connectivity index (χ3v) is 8.56. The van der Waals surface area contributed by atoms with E-state index in [4.69, 9.17) is 14.2 Å². The molecule has 1 aliphatic rings. The topological polar surface area (TPSA) is 113 Å². The number of para-hydroxylation sites is 1. The highest BCUT2D eigenvalue weighted by Gasteiger charge is 2.21. The highest BCUT2D eigenvalue weighted by atomic mass is 19.1. The number of methoxy groups -OCH3 is 1. The second-order valence-corrected chi connectivity index (χ2v) is 12.0. The van der Waals surface area contributed by atoms with Gasteiger partial charge in [0.25, 0.3) is 5.91 Å². The molecule has 0 unspecified atom stereocenters. The number of fused-ring (bicyclic) bond motifs is 1. The Morgan fingerprint density at radius 3 is 2.46 bits per heavy atom. The zero-order valence-corrected chi connectivity index (χ0v) is 27.6. The van der Waals surface area contributed by atoms with Crippen LogP contribution in [0.4, 0.5) is 10.1 Å². The molecule has 0 saturated carbocycles. The second-order valence-electron chi connectivity index (χ2n) is 12.0. The van der Waals surface area contributed by atoms with Gasteiger partial charge in [-0.1, -0.05) is 24.6 Å². The van der Waals surface area contributed by atoms with Crippen LogP contribution in [0.3, 0.4) is 0 Å². The van der Waals surface area contributed by atoms with Gasteiger partial charge in [-0.15, -0.1) is 5.10 Å². The third kappa shape index (κ3) is 6.89. The van der Waals surface area contributed by atoms with Crippen LogP contribution >= 0.6 is 0 Å². The number of anilines is 1. The lowest BCUT2D eigenvalue weighted by Gasteiger charge is -2.26. The molecule has 1 fully saturated rings. The van der Waals surface area contributed by atoms with E-state index in [0.29, 0.717) is 40.4 Å². The first kappa shape index (κ1) is 32.7. The zero-order chi connectivity index (χ0) is 33.8. The number of ether oxygens (including phenoxy) is 3. The number of pyridine rings is 1. The summed E-state index contributed by atoms with van der Waals surface area (Å²) in [6.45, 7) is 7.57. The van der Waals surface area contributed by atoms with Crippen LogP contribution in [0, 0.1) is 19.7 Å². The molecule has 250 valence electrons. The maximum absolute atomic E-state index is 15.3. The van der Waals surface area contributed by atoms with Gasteiger partial charge < -0.3 is 24.4 Å². The third-order valence-electron chi connectivity index (χ3n) is 8.56. The summed E-state index contributed by atoms with van der Waals surface area (Å²) in [5.41, 5.74) is 2.59. The molecule has 2 aromatic heterocycles. The number of nitrogens with zero attached hydrogens (tertiary/aromatic N) is 5. The molecule has 0 aliphatic carbocycles. The predicted molar refractivity (Wildman–Crippen MR) is 181 cm³/mol. The first-order valence-electron chi connectivity index (χ1n) is 16.1. The Morgan fingerprint density at radius 1 is 0.958 bits per heavy atom. The SMILES string of the molecule is COc1cc2c(Oc3ccc(NC(=O)c4nn(-c5c(C)cccc5C)c(=O)n4C)cc3F)ccnc2cc1OCCCN1CCCCC1. The molecule has 0 bridgehead atoms. The molecule has 3 heterocycles. The van der Waals surface area contributed by atoms with Crippen molar-refractivity contribution in [3.05, 3.63) is 94.0 Å². The van der Waals surface area contributed by atoms with Crippen LogP contribution in [-0.2, 0) is 7.05 Å². The van der Waals surface area contributed by atoms with Crippen molar-refractivity contribution in [2.24, 2.45) is 7.05 Å². The quantitative estimate of drug-likeness (QED) is 0.168. The fourth-order valence-electron chi connectivity index (χ4n) is 6.03. The summed E-state index contributed by atoms with van der Waals surface area (Å²) < 4.78 is 35.4. The molecule has 11 nitrogen and oxygen atoms in total. The molecular formula is C36H39FN6O5. The number of piperidine rings is 1. The van der Waals surface area contributed by atoms with Gasteiger partial charge in [-0.2, -0.15) is 4.68 Å². The van der Waals surface area contributed by atoms with Gasteiger partial charge in [0, 0.05) is 43.0 Å². The highest BCUT2D eigenvalue weighted by molar-refractivity contribution is 6.01. The van der Waals surface area contributed by atoms with E-state index < -0.39 is 17.4 Å². The lowest BCUT2D eigenvalue weighted by atomic mass is 10.1. The Kier molecular flexibility index (Phi) is 9.72. The van der Waals surface area contributed by atoms with Crippen molar-refractivity contribution < 1.29 is 23.4 Å². The Labute approximate surface area is 277 Å². The minimum Gasteiger partial charge on any atom is -0.493 e. The van der Waals surface area contributed by atoms with E-state index in [1.807, 2.05) is 32.0 Å². The van der Waals surface area contributed by atoms with Crippen LogP contribution in [0.1, 0.15) is 47.4 Å². The molecule has 6 rings (SSSR count). The first-order chi connectivity index (χ1) is 23.2. The molecule has 5 aromatic rings. The molecule has 12 heteroatoms. The number of aryl methyl sites for hydroxylation is 2. The van der Waals surface area contributed by atoms with Crippen molar-refractivity contribution in [1.29, 1.82) is 0 Å².